The van der Waals surface area contributed by atoms with Gasteiger partial charge in [0.2, 0.25) is 5.91 Å². The van der Waals surface area contributed by atoms with Gasteiger partial charge >= 0.3 is 0 Å². The molecule has 1 saturated carbocycles. The predicted molar refractivity (Wildman–Crippen MR) is 85.2 cm³/mol. The maximum atomic E-state index is 12.9. The number of nitrogens with zero attached hydrogens (tertiary/aromatic N) is 3. The van der Waals surface area contributed by atoms with Crippen LogP contribution in [0.15, 0.2) is 30.6 Å². The van der Waals surface area contributed by atoms with Crippen molar-refractivity contribution in [2.24, 2.45) is 17.6 Å². The molecule has 2 fully saturated rings. The smallest absolute Gasteiger partial charge is 0.245 e. The molecule has 0 spiro atoms. The first-order valence-corrected chi connectivity index (χ1v) is 8.11. The molecule has 4 unspecified atom stereocenters. The summed E-state index contributed by atoms with van der Waals surface area (Å²) in [6.07, 6.45) is 4.05. The van der Waals surface area contributed by atoms with Crippen LogP contribution in [0.4, 0.5) is 0 Å². The van der Waals surface area contributed by atoms with Crippen LogP contribution in [0.5, 0.6) is 0 Å². The third-order valence-corrected chi connectivity index (χ3v) is 5.48. The SMILES string of the molecule is CC(C(=O)N1CC2CCC(N)C2C1)n1cnc2ccccc21. The number of hydrogen-bond donors (Lipinski definition) is 1. The molecule has 22 heavy (non-hydrogen) atoms. The van der Waals surface area contributed by atoms with Crippen molar-refractivity contribution in [1.29, 1.82) is 0 Å². The second-order valence-corrected chi connectivity index (χ2v) is 6.72. The van der Waals surface area contributed by atoms with E-state index < -0.39 is 0 Å². The Morgan fingerprint density at radius 3 is 2.95 bits per heavy atom. The maximum absolute atomic E-state index is 12.9. The Morgan fingerprint density at radius 2 is 2.14 bits per heavy atom. The van der Waals surface area contributed by atoms with Gasteiger partial charge in [-0.3, -0.25) is 4.79 Å². The van der Waals surface area contributed by atoms with E-state index in [1.165, 1.54) is 0 Å². The molecule has 1 amide bonds. The lowest BCUT2D eigenvalue weighted by atomic mass is 9.98. The number of rotatable bonds is 2. The van der Waals surface area contributed by atoms with Gasteiger partial charge in [0.15, 0.2) is 0 Å². The molecule has 1 aromatic carbocycles. The minimum atomic E-state index is -0.220. The van der Waals surface area contributed by atoms with Gasteiger partial charge in [0, 0.05) is 19.1 Å². The summed E-state index contributed by atoms with van der Waals surface area (Å²) in [7, 11) is 0. The minimum Gasteiger partial charge on any atom is -0.340 e. The van der Waals surface area contributed by atoms with Crippen LogP contribution in [0.3, 0.4) is 0 Å². The first-order valence-electron chi connectivity index (χ1n) is 8.11. The lowest BCUT2D eigenvalue weighted by molar-refractivity contribution is -0.133. The quantitative estimate of drug-likeness (QED) is 0.919. The number of nitrogens with two attached hydrogens (primary N) is 1. The Labute approximate surface area is 130 Å². The summed E-state index contributed by atoms with van der Waals surface area (Å²) in [5.74, 6) is 1.28. The lowest BCUT2D eigenvalue weighted by Gasteiger charge is -2.23. The van der Waals surface area contributed by atoms with Crippen molar-refractivity contribution >= 4 is 16.9 Å². The topological polar surface area (TPSA) is 64.2 Å². The number of imidazole rings is 1. The Bertz CT molecular complexity index is 710. The highest BCUT2D eigenvalue weighted by atomic mass is 16.2. The molecule has 116 valence electrons. The van der Waals surface area contributed by atoms with Crippen molar-refractivity contribution in [3.63, 3.8) is 0 Å². The highest BCUT2D eigenvalue weighted by Gasteiger charge is 2.43. The Kier molecular flexibility index (Phi) is 3.18. The number of aromatic nitrogens is 2. The van der Waals surface area contributed by atoms with Crippen LogP contribution < -0.4 is 5.73 Å². The average Bonchev–Trinajstić information content (AvgIpc) is 3.21. The van der Waals surface area contributed by atoms with Crippen LogP contribution in [0.1, 0.15) is 25.8 Å². The molecular weight excluding hydrogens is 276 g/mol. The zero-order valence-electron chi connectivity index (χ0n) is 12.9. The first kappa shape index (κ1) is 13.8. The number of benzene rings is 1. The van der Waals surface area contributed by atoms with E-state index in [2.05, 4.69) is 4.98 Å². The predicted octanol–water partition coefficient (Wildman–Crippen LogP) is 1.79. The van der Waals surface area contributed by atoms with E-state index in [9.17, 15) is 4.79 Å². The van der Waals surface area contributed by atoms with E-state index in [1.54, 1.807) is 6.33 Å². The van der Waals surface area contributed by atoms with Crippen molar-refractivity contribution in [3.8, 4) is 0 Å². The molecule has 4 atom stereocenters. The number of carbonyl (C=O) groups is 1. The number of amides is 1. The molecule has 2 aliphatic rings. The van der Waals surface area contributed by atoms with E-state index in [4.69, 9.17) is 5.73 Å². The third kappa shape index (κ3) is 2.03. The van der Waals surface area contributed by atoms with Crippen molar-refractivity contribution < 1.29 is 4.79 Å². The van der Waals surface area contributed by atoms with Gasteiger partial charge in [-0.25, -0.2) is 4.98 Å². The molecule has 1 aliphatic heterocycles. The van der Waals surface area contributed by atoms with Gasteiger partial charge in [0.1, 0.15) is 6.04 Å². The molecule has 0 bridgehead atoms. The maximum Gasteiger partial charge on any atom is 0.245 e. The van der Waals surface area contributed by atoms with Crippen LogP contribution in [0.25, 0.3) is 11.0 Å². The summed E-state index contributed by atoms with van der Waals surface area (Å²) >= 11 is 0. The summed E-state index contributed by atoms with van der Waals surface area (Å²) in [6.45, 7) is 3.65. The molecule has 1 saturated heterocycles. The van der Waals surface area contributed by atoms with Gasteiger partial charge in [0.05, 0.1) is 17.4 Å². The van der Waals surface area contributed by atoms with Gasteiger partial charge in [0.25, 0.3) is 0 Å². The molecule has 4 rings (SSSR count). The Morgan fingerprint density at radius 1 is 1.32 bits per heavy atom. The fourth-order valence-electron chi connectivity index (χ4n) is 4.16. The highest BCUT2D eigenvalue weighted by molar-refractivity contribution is 5.84. The molecule has 1 aliphatic carbocycles. The van der Waals surface area contributed by atoms with Crippen molar-refractivity contribution in [1.82, 2.24) is 14.5 Å². The number of carbonyl (C=O) groups excluding carboxylic acids is 1. The van der Waals surface area contributed by atoms with Crippen LogP contribution >= 0.6 is 0 Å². The monoisotopic (exact) mass is 298 g/mol. The van der Waals surface area contributed by atoms with Crippen molar-refractivity contribution in [2.45, 2.75) is 31.8 Å². The van der Waals surface area contributed by atoms with E-state index in [0.29, 0.717) is 11.8 Å². The highest BCUT2D eigenvalue weighted by Crippen LogP contribution is 2.38. The van der Waals surface area contributed by atoms with Crippen LogP contribution in [0.2, 0.25) is 0 Å². The molecule has 0 radical (unpaired) electrons. The van der Waals surface area contributed by atoms with Gasteiger partial charge in [-0.2, -0.15) is 0 Å². The number of hydrogen-bond acceptors (Lipinski definition) is 3. The molecule has 5 nitrogen and oxygen atoms in total. The van der Waals surface area contributed by atoms with Gasteiger partial charge in [-0.05, 0) is 43.7 Å². The largest absolute Gasteiger partial charge is 0.340 e. The Balaban J connectivity index is 1.56. The van der Waals surface area contributed by atoms with Gasteiger partial charge in [-0.1, -0.05) is 12.1 Å². The fraction of sp³-hybridized carbons (Fsp3) is 0.529. The van der Waals surface area contributed by atoms with E-state index in [0.717, 1.165) is 37.0 Å². The zero-order chi connectivity index (χ0) is 15.3. The minimum absolute atomic E-state index is 0.185. The van der Waals surface area contributed by atoms with Crippen LogP contribution in [0, 0.1) is 11.8 Å². The summed E-state index contributed by atoms with van der Waals surface area (Å²) in [5, 5.41) is 0. The van der Waals surface area contributed by atoms with E-state index in [1.807, 2.05) is 40.7 Å². The van der Waals surface area contributed by atoms with E-state index in [-0.39, 0.29) is 18.0 Å². The lowest BCUT2D eigenvalue weighted by Crippen LogP contribution is -2.37. The molecule has 1 aromatic heterocycles. The molecule has 2 N–H and O–H groups in total. The average molecular weight is 298 g/mol. The second-order valence-electron chi connectivity index (χ2n) is 6.72. The number of likely N-dealkylation sites (tertiary alicyclic amines) is 1. The van der Waals surface area contributed by atoms with Crippen LogP contribution in [-0.4, -0.2) is 39.5 Å². The number of para-hydroxylation sites is 2. The number of fused-ring (bicyclic) bond motifs is 2. The molecule has 5 heteroatoms. The fourth-order valence-corrected chi connectivity index (χ4v) is 4.16. The summed E-state index contributed by atoms with van der Waals surface area (Å²) < 4.78 is 1.98. The first-order chi connectivity index (χ1) is 10.6. The standard InChI is InChI=1S/C17H22N4O/c1-11(21-10-19-15-4-2-3-5-16(15)21)17(22)20-8-12-6-7-14(18)13(12)9-20/h2-5,10-14H,6-9,18H2,1H3. The third-order valence-electron chi connectivity index (χ3n) is 5.48. The molecule has 2 aromatic rings. The molecule has 2 heterocycles. The van der Waals surface area contributed by atoms with Gasteiger partial charge in [-0.15, -0.1) is 0 Å². The summed E-state index contributed by atoms with van der Waals surface area (Å²) in [6, 6.07) is 7.99. The normalized spacial score (nSPS) is 29.0. The molecular formula is C17H22N4O. The van der Waals surface area contributed by atoms with Gasteiger partial charge < -0.3 is 15.2 Å². The van der Waals surface area contributed by atoms with Crippen molar-refractivity contribution in [2.75, 3.05) is 13.1 Å². The van der Waals surface area contributed by atoms with Crippen LogP contribution in [-0.2, 0) is 4.79 Å². The van der Waals surface area contributed by atoms with E-state index >= 15 is 0 Å². The zero-order valence-corrected chi connectivity index (χ0v) is 12.9. The summed E-state index contributed by atoms with van der Waals surface area (Å²) in [4.78, 5) is 19.3. The second kappa shape index (κ2) is 5.09. The summed E-state index contributed by atoms with van der Waals surface area (Å²) in [5.41, 5.74) is 8.12. The van der Waals surface area contributed by atoms with Crippen molar-refractivity contribution in [3.05, 3.63) is 30.6 Å². The Hall–Kier alpha value is -1.88.